The number of nitrogens with one attached hydrogen (secondary N) is 3. The molecule has 2 heterocycles. The number of benzene rings is 1. The summed E-state index contributed by atoms with van der Waals surface area (Å²) in [7, 11) is 0. The number of rotatable bonds is 3. The van der Waals surface area contributed by atoms with E-state index < -0.39 is 17.5 Å². The van der Waals surface area contributed by atoms with Gasteiger partial charge >= 0.3 is 6.03 Å². The van der Waals surface area contributed by atoms with Gasteiger partial charge in [-0.25, -0.2) is 9.78 Å². The van der Waals surface area contributed by atoms with Crippen LogP contribution in [-0.2, 0) is 9.59 Å². The maximum atomic E-state index is 12.7. The van der Waals surface area contributed by atoms with E-state index in [0.717, 1.165) is 24.2 Å². The number of imide groups is 1. The second kappa shape index (κ2) is 6.49. The van der Waals surface area contributed by atoms with Crippen molar-refractivity contribution in [3.8, 4) is 0 Å². The molecule has 1 aromatic carbocycles. The van der Waals surface area contributed by atoms with Gasteiger partial charge in [0, 0.05) is 5.69 Å². The van der Waals surface area contributed by atoms with Crippen molar-refractivity contribution in [1.82, 2.24) is 20.2 Å². The number of aromatic amines is 1. The van der Waals surface area contributed by atoms with Crippen LogP contribution >= 0.6 is 0 Å². The SMILES string of the molecule is O=C(CN1C(=O)NC2(CCCCC2)C1=O)Nc1ccc2nc[nH]c(=O)c2c1. The van der Waals surface area contributed by atoms with Crippen LogP contribution in [0.1, 0.15) is 32.1 Å². The lowest BCUT2D eigenvalue weighted by molar-refractivity contribution is -0.134. The number of hydrogen-bond acceptors (Lipinski definition) is 5. The number of amides is 4. The van der Waals surface area contributed by atoms with Gasteiger partial charge in [0.1, 0.15) is 12.1 Å². The van der Waals surface area contributed by atoms with Crippen LogP contribution in [-0.4, -0.2) is 44.8 Å². The van der Waals surface area contributed by atoms with Crippen molar-refractivity contribution in [2.45, 2.75) is 37.6 Å². The third kappa shape index (κ3) is 3.05. The predicted molar refractivity (Wildman–Crippen MR) is 97.1 cm³/mol. The van der Waals surface area contributed by atoms with Gasteiger partial charge < -0.3 is 15.6 Å². The van der Waals surface area contributed by atoms with E-state index in [-0.39, 0.29) is 18.0 Å². The fraction of sp³-hybridized carbons (Fsp3) is 0.389. The molecule has 0 atom stereocenters. The molecule has 9 nitrogen and oxygen atoms in total. The number of aromatic nitrogens is 2. The van der Waals surface area contributed by atoms with Gasteiger partial charge in [-0.1, -0.05) is 19.3 Å². The minimum Gasteiger partial charge on any atom is -0.325 e. The summed E-state index contributed by atoms with van der Waals surface area (Å²) in [6.45, 7) is -0.367. The summed E-state index contributed by atoms with van der Waals surface area (Å²) in [5, 5.41) is 5.74. The molecule has 1 aromatic heterocycles. The summed E-state index contributed by atoms with van der Waals surface area (Å²) < 4.78 is 0. The summed E-state index contributed by atoms with van der Waals surface area (Å²) in [6, 6.07) is 4.20. The molecule has 27 heavy (non-hydrogen) atoms. The molecule has 0 bridgehead atoms. The summed E-state index contributed by atoms with van der Waals surface area (Å²) in [5.74, 6) is -0.840. The largest absolute Gasteiger partial charge is 0.325 e. The number of nitrogens with zero attached hydrogens (tertiary/aromatic N) is 2. The van der Waals surface area contributed by atoms with Crippen LogP contribution < -0.4 is 16.2 Å². The first-order chi connectivity index (χ1) is 13.0. The van der Waals surface area contributed by atoms with E-state index in [0.29, 0.717) is 29.4 Å². The zero-order valence-electron chi connectivity index (χ0n) is 14.6. The third-order valence-corrected chi connectivity index (χ3v) is 5.18. The Morgan fingerprint density at radius 3 is 2.74 bits per heavy atom. The highest BCUT2D eigenvalue weighted by molar-refractivity contribution is 6.10. The molecule has 3 N–H and O–H groups in total. The van der Waals surface area contributed by atoms with Crippen molar-refractivity contribution in [2.24, 2.45) is 0 Å². The third-order valence-electron chi connectivity index (χ3n) is 5.18. The number of urea groups is 1. The van der Waals surface area contributed by atoms with Gasteiger partial charge in [0.15, 0.2) is 0 Å². The fourth-order valence-corrected chi connectivity index (χ4v) is 3.80. The Morgan fingerprint density at radius 1 is 1.19 bits per heavy atom. The molecule has 1 aliphatic heterocycles. The topological polar surface area (TPSA) is 124 Å². The summed E-state index contributed by atoms with van der Waals surface area (Å²) in [5.41, 5.74) is -0.266. The highest BCUT2D eigenvalue weighted by Crippen LogP contribution is 2.33. The first-order valence-corrected chi connectivity index (χ1v) is 8.90. The zero-order chi connectivity index (χ0) is 19.0. The molecule has 140 valence electrons. The molecule has 1 saturated carbocycles. The van der Waals surface area contributed by atoms with Crippen molar-refractivity contribution in [3.63, 3.8) is 0 Å². The summed E-state index contributed by atoms with van der Waals surface area (Å²) >= 11 is 0. The lowest BCUT2D eigenvalue weighted by Gasteiger charge is -2.30. The van der Waals surface area contributed by atoms with E-state index >= 15 is 0 Å². The number of H-pyrrole nitrogens is 1. The van der Waals surface area contributed by atoms with E-state index in [2.05, 4.69) is 20.6 Å². The molecule has 1 aliphatic carbocycles. The van der Waals surface area contributed by atoms with Crippen LogP contribution in [0.4, 0.5) is 10.5 Å². The van der Waals surface area contributed by atoms with Gasteiger partial charge in [0.2, 0.25) is 5.91 Å². The highest BCUT2D eigenvalue weighted by atomic mass is 16.2. The van der Waals surface area contributed by atoms with Gasteiger partial charge in [0.25, 0.3) is 11.5 Å². The van der Waals surface area contributed by atoms with Crippen molar-refractivity contribution in [1.29, 1.82) is 0 Å². The van der Waals surface area contributed by atoms with Gasteiger partial charge in [-0.3, -0.25) is 19.3 Å². The van der Waals surface area contributed by atoms with Gasteiger partial charge in [-0.2, -0.15) is 0 Å². The van der Waals surface area contributed by atoms with Crippen molar-refractivity contribution in [2.75, 3.05) is 11.9 Å². The minimum absolute atomic E-state index is 0.315. The van der Waals surface area contributed by atoms with Crippen molar-refractivity contribution < 1.29 is 14.4 Å². The van der Waals surface area contributed by atoms with Crippen molar-refractivity contribution in [3.05, 3.63) is 34.9 Å². The average molecular weight is 369 g/mol. The van der Waals surface area contributed by atoms with Crippen LogP contribution in [0, 0.1) is 0 Å². The monoisotopic (exact) mass is 369 g/mol. The number of anilines is 1. The fourth-order valence-electron chi connectivity index (χ4n) is 3.80. The average Bonchev–Trinajstić information content (AvgIpc) is 2.87. The molecular weight excluding hydrogens is 350 g/mol. The van der Waals surface area contributed by atoms with E-state index in [1.807, 2.05) is 0 Å². The smallest absolute Gasteiger partial charge is 0.325 e. The molecule has 2 fully saturated rings. The Balaban J connectivity index is 1.48. The van der Waals surface area contributed by atoms with Gasteiger partial charge in [0.05, 0.1) is 17.2 Å². The van der Waals surface area contributed by atoms with E-state index in [4.69, 9.17) is 0 Å². The molecule has 1 spiro atoms. The van der Waals surface area contributed by atoms with E-state index in [1.54, 1.807) is 12.1 Å². The molecule has 2 aromatic rings. The van der Waals surface area contributed by atoms with Crippen LogP contribution in [0.3, 0.4) is 0 Å². The zero-order valence-corrected chi connectivity index (χ0v) is 14.6. The highest BCUT2D eigenvalue weighted by Gasteiger charge is 2.51. The minimum atomic E-state index is -0.850. The Kier molecular flexibility index (Phi) is 4.14. The lowest BCUT2D eigenvalue weighted by Crippen LogP contribution is -2.48. The standard InChI is InChI=1S/C18H19N5O4/c24-14(21-11-4-5-13-12(8-11)15(25)20-10-19-13)9-23-16(26)18(22-17(23)27)6-2-1-3-7-18/h4-5,8,10H,1-3,6-7,9H2,(H,21,24)(H,22,27)(H,19,20,25). The van der Waals surface area contributed by atoms with E-state index in [9.17, 15) is 19.2 Å². The van der Waals surface area contributed by atoms with Gasteiger partial charge in [-0.05, 0) is 31.0 Å². The predicted octanol–water partition coefficient (Wildman–Crippen LogP) is 1.12. The molecule has 0 radical (unpaired) electrons. The Morgan fingerprint density at radius 2 is 1.96 bits per heavy atom. The Labute approximate surface area is 154 Å². The maximum Gasteiger partial charge on any atom is 0.325 e. The molecule has 4 rings (SSSR count). The molecule has 1 saturated heterocycles. The van der Waals surface area contributed by atoms with Crippen LogP contribution in [0.2, 0.25) is 0 Å². The van der Waals surface area contributed by atoms with Crippen molar-refractivity contribution >= 4 is 34.4 Å². The number of carbonyl (C=O) groups excluding carboxylic acids is 3. The van der Waals surface area contributed by atoms with Gasteiger partial charge in [-0.15, -0.1) is 0 Å². The maximum absolute atomic E-state index is 12.7. The molecular formula is C18H19N5O4. The normalized spacial score (nSPS) is 18.7. The first-order valence-electron chi connectivity index (χ1n) is 8.90. The van der Waals surface area contributed by atoms with Crippen LogP contribution in [0.15, 0.2) is 29.3 Å². The second-order valence-corrected chi connectivity index (χ2v) is 6.98. The molecule has 4 amide bonds. The number of carbonyl (C=O) groups is 3. The quantitative estimate of drug-likeness (QED) is 0.699. The molecule has 0 unspecified atom stereocenters. The number of fused-ring (bicyclic) bond motifs is 1. The lowest BCUT2D eigenvalue weighted by atomic mass is 9.82. The Hall–Kier alpha value is -3.23. The first kappa shape index (κ1) is 17.2. The summed E-state index contributed by atoms with van der Waals surface area (Å²) in [6.07, 6.45) is 5.33. The second-order valence-electron chi connectivity index (χ2n) is 6.98. The van der Waals surface area contributed by atoms with Crippen LogP contribution in [0.25, 0.3) is 10.9 Å². The van der Waals surface area contributed by atoms with E-state index in [1.165, 1.54) is 12.4 Å². The summed E-state index contributed by atoms with van der Waals surface area (Å²) in [4.78, 5) is 56.6. The Bertz CT molecular complexity index is 993. The van der Waals surface area contributed by atoms with Crippen LogP contribution in [0.5, 0.6) is 0 Å². The molecule has 2 aliphatic rings. The number of hydrogen-bond donors (Lipinski definition) is 3. The molecule has 9 heteroatoms.